The highest BCUT2D eigenvalue weighted by molar-refractivity contribution is 5.80. The molecule has 1 aliphatic rings. The largest absolute Gasteiger partial charge is 0.416 e. The molecule has 0 spiro atoms. The second kappa shape index (κ2) is 6.52. The monoisotopic (exact) mass is 357 g/mol. The van der Waals surface area contributed by atoms with Crippen LogP contribution in [0.15, 0.2) is 60.7 Å². The number of piperazine rings is 1. The number of hydrogen-bond acceptors (Lipinski definition) is 3. The summed E-state index contributed by atoms with van der Waals surface area (Å²) in [6.07, 6.45) is -4.31. The second-order valence-corrected chi connectivity index (χ2v) is 6.38. The van der Waals surface area contributed by atoms with Crippen LogP contribution in [0.2, 0.25) is 0 Å². The molecule has 2 heterocycles. The van der Waals surface area contributed by atoms with Gasteiger partial charge in [0.15, 0.2) is 0 Å². The van der Waals surface area contributed by atoms with Crippen molar-refractivity contribution in [2.75, 3.05) is 36.0 Å². The Kier molecular flexibility index (Phi) is 4.18. The van der Waals surface area contributed by atoms with E-state index >= 15 is 0 Å². The maximum absolute atomic E-state index is 12.9. The fraction of sp³-hybridized carbons (Fsp3) is 0.250. The van der Waals surface area contributed by atoms with Gasteiger partial charge < -0.3 is 9.80 Å². The number of halogens is 3. The van der Waals surface area contributed by atoms with E-state index in [1.807, 2.05) is 35.2 Å². The van der Waals surface area contributed by atoms with Crippen LogP contribution in [0.3, 0.4) is 0 Å². The van der Waals surface area contributed by atoms with E-state index in [4.69, 9.17) is 4.98 Å². The molecule has 0 atom stereocenters. The minimum absolute atomic E-state index is 0.603. The third-order valence-electron chi connectivity index (χ3n) is 4.73. The van der Waals surface area contributed by atoms with Gasteiger partial charge in [-0.2, -0.15) is 13.2 Å². The fourth-order valence-electron chi connectivity index (χ4n) is 3.30. The van der Waals surface area contributed by atoms with Gasteiger partial charge in [0.25, 0.3) is 0 Å². The van der Waals surface area contributed by atoms with Crippen LogP contribution in [0.4, 0.5) is 24.7 Å². The lowest BCUT2D eigenvalue weighted by molar-refractivity contribution is -0.137. The second-order valence-electron chi connectivity index (χ2n) is 6.38. The zero-order chi connectivity index (χ0) is 18.1. The summed E-state index contributed by atoms with van der Waals surface area (Å²) in [4.78, 5) is 8.87. The lowest BCUT2D eigenvalue weighted by Crippen LogP contribution is -2.46. The number of hydrogen-bond donors (Lipinski definition) is 0. The summed E-state index contributed by atoms with van der Waals surface area (Å²) >= 11 is 0. The number of aromatic nitrogens is 1. The first-order valence-electron chi connectivity index (χ1n) is 8.54. The predicted molar refractivity (Wildman–Crippen MR) is 97.6 cm³/mol. The molecule has 2 aromatic carbocycles. The molecule has 0 aliphatic carbocycles. The van der Waals surface area contributed by atoms with E-state index in [9.17, 15) is 13.2 Å². The highest BCUT2D eigenvalue weighted by Crippen LogP contribution is 2.32. The molecule has 26 heavy (non-hydrogen) atoms. The molecule has 1 fully saturated rings. The number of nitrogens with zero attached hydrogens (tertiary/aromatic N) is 3. The number of para-hydroxylation sites is 1. The van der Waals surface area contributed by atoms with Gasteiger partial charge in [-0.15, -0.1) is 0 Å². The Morgan fingerprint density at radius 2 is 1.50 bits per heavy atom. The van der Waals surface area contributed by atoms with E-state index < -0.39 is 11.7 Å². The van der Waals surface area contributed by atoms with Crippen molar-refractivity contribution < 1.29 is 13.2 Å². The Morgan fingerprint density at radius 1 is 0.769 bits per heavy atom. The summed E-state index contributed by atoms with van der Waals surface area (Å²) in [5.41, 5.74) is 0.963. The standard InChI is InChI=1S/C20H18F3N3/c21-20(22,23)16-5-3-6-17(14-16)25-10-12-26(13-11-25)19-9-8-15-4-1-2-7-18(15)24-19/h1-9,14H,10-13H2. The van der Waals surface area contributed by atoms with Crippen LogP contribution in [-0.2, 0) is 6.18 Å². The zero-order valence-corrected chi connectivity index (χ0v) is 14.1. The van der Waals surface area contributed by atoms with Gasteiger partial charge in [0.05, 0.1) is 11.1 Å². The molecule has 1 saturated heterocycles. The lowest BCUT2D eigenvalue weighted by atomic mass is 10.1. The molecule has 0 amide bonds. The van der Waals surface area contributed by atoms with Gasteiger partial charge in [-0.25, -0.2) is 4.98 Å². The number of rotatable bonds is 2. The molecule has 0 unspecified atom stereocenters. The quantitative estimate of drug-likeness (QED) is 0.669. The van der Waals surface area contributed by atoms with Crippen molar-refractivity contribution in [1.82, 2.24) is 4.98 Å². The predicted octanol–water partition coefficient (Wildman–Crippen LogP) is 4.58. The molecule has 3 aromatic rings. The van der Waals surface area contributed by atoms with Gasteiger partial charge in [0.1, 0.15) is 5.82 Å². The Morgan fingerprint density at radius 3 is 2.27 bits per heavy atom. The maximum Gasteiger partial charge on any atom is 0.416 e. The van der Waals surface area contributed by atoms with Crippen molar-refractivity contribution in [3.05, 3.63) is 66.2 Å². The third kappa shape index (κ3) is 3.31. The maximum atomic E-state index is 12.9. The first-order valence-corrected chi connectivity index (χ1v) is 8.54. The molecule has 1 aliphatic heterocycles. The van der Waals surface area contributed by atoms with Gasteiger partial charge in [0.2, 0.25) is 0 Å². The van der Waals surface area contributed by atoms with Crippen LogP contribution in [0.5, 0.6) is 0 Å². The summed E-state index contributed by atoms with van der Waals surface area (Å²) in [6.45, 7) is 2.77. The van der Waals surface area contributed by atoms with Gasteiger partial charge >= 0.3 is 6.18 Å². The summed E-state index contributed by atoms with van der Waals surface area (Å²) < 4.78 is 38.7. The number of fused-ring (bicyclic) bond motifs is 1. The number of benzene rings is 2. The smallest absolute Gasteiger partial charge is 0.368 e. The molecule has 0 saturated carbocycles. The van der Waals surface area contributed by atoms with Crippen LogP contribution in [0, 0.1) is 0 Å². The molecule has 0 bridgehead atoms. The Hall–Kier alpha value is -2.76. The average molecular weight is 357 g/mol. The van der Waals surface area contributed by atoms with Crippen molar-refractivity contribution in [2.45, 2.75) is 6.18 Å². The lowest BCUT2D eigenvalue weighted by Gasteiger charge is -2.37. The SMILES string of the molecule is FC(F)(F)c1cccc(N2CCN(c3ccc4ccccc4n3)CC2)c1. The Bertz CT molecular complexity index is 915. The summed E-state index contributed by atoms with van der Waals surface area (Å²) in [5, 5.41) is 1.10. The van der Waals surface area contributed by atoms with Crippen molar-refractivity contribution in [3.63, 3.8) is 0 Å². The molecule has 3 nitrogen and oxygen atoms in total. The van der Waals surface area contributed by atoms with Crippen LogP contribution in [0.25, 0.3) is 10.9 Å². The highest BCUT2D eigenvalue weighted by atomic mass is 19.4. The molecule has 1 aromatic heterocycles. The first kappa shape index (κ1) is 16.7. The molecule has 0 radical (unpaired) electrons. The van der Waals surface area contributed by atoms with Crippen LogP contribution < -0.4 is 9.80 Å². The van der Waals surface area contributed by atoms with E-state index in [2.05, 4.69) is 11.0 Å². The van der Waals surface area contributed by atoms with Crippen LogP contribution in [0.1, 0.15) is 5.56 Å². The third-order valence-corrected chi connectivity index (χ3v) is 4.73. The van der Waals surface area contributed by atoms with E-state index in [0.29, 0.717) is 18.8 Å². The molecular formula is C20H18F3N3. The van der Waals surface area contributed by atoms with Crippen LogP contribution >= 0.6 is 0 Å². The fourth-order valence-corrected chi connectivity index (χ4v) is 3.30. The molecule has 0 N–H and O–H groups in total. The minimum Gasteiger partial charge on any atom is -0.368 e. The number of pyridine rings is 1. The van der Waals surface area contributed by atoms with E-state index in [-0.39, 0.29) is 0 Å². The van der Waals surface area contributed by atoms with E-state index in [0.717, 1.165) is 35.9 Å². The normalized spacial score (nSPS) is 15.5. The van der Waals surface area contributed by atoms with E-state index in [1.54, 1.807) is 6.07 Å². The van der Waals surface area contributed by atoms with Crippen molar-refractivity contribution in [2.24, 2.45) is 0 Å². The zero-order valence-electron chi connectivity index (χ0n) is 14.1. The molecule has 4 rings (SSSR count). The van der Waals surface area contributed by atoms with Gasteiger partial charge in [0, 0.05) is 37.3 Å². The van der Waals surface area contributed by atoms with E-state index in [1.165, 1.54) is 12.1 Å². The van der Waals surface area contributed by atoms with Crippen molar-refractivity contribution in [1.29, 1.82) is 0 Å². The Balaban J connectivity index is 1.48. The number of anilines is 2. The summed E-state index contributed by atoms with van der Waals surface area (Å²) in [7, 11) is 0. The van der Waals surface area contributed by atoms with Crippen molar-refractivity contribution >= 4 is 22.4 Å². The Labute approximate surface area is 149 Å². The molecular weight excluding hydrogens is 339 g/mol. The highest BCUT2D eigenvalue weighted by Gasteiger charge is 2.31. The van der Waals surface area contributed by atoms with Gasteiger partial charge in [-0.3, -0.25) is 0 Å². The summed E-state index contributed by atoms with van der Waals surface area (Å²) in [5.74, 6) is 0.910. The molecule has 6 heteroatoms. The molecule has 134 valence electrons. The minimum atomic E-state index is -4.31. The van der Waals surface area contributed by atoms with Crippen molar-refractivity contribution in [3.8, 4) is 0 Å². The van der Waals surface area contributed by atoms with Gasteiger partial charge in [-0.1, -0.05) is 24.3 Å². The number of alkyl halides is 3. The van der Waals surface area contributed by atoms with Crippen LogP contribution in [-0.4, -0.2) is 31.2 Å². The van der Waals surface area contributed by atoms with Gasteiger partial charge in [-0.05, 0) is 36.4 Å². The first-order chi connectivity index (χ1) is 12.5. The summed E-state index contributed by atoms with van der Waals surface area (Å²) in [6, 6.07) is 17.5. The topological polar surface area (TPSA) is 19.4 Å². The average Bonchev–Trinajstić information content (AvgIpc) is 2.67.